The van der Waals surface area contributed by atoms with E-state index in [4.69, 9.17) is 4.74 Å². The SMILES string of the molecule is Cc1ccc2n(c1=O)C(Cc1cccc(-c3cccc(F)c3)c1)C(NC(=O)[C@@H]1CCCO1)CC2. The Balaban J connectivity index is 1.48. The summed E-state index contributed by atoms with van der Waals surface area (Å²) in [6.45, 7) is 2.44. The normalized spacial score (nSPS) is 21.8. The van der Waals surface area contributed by atoms with Crippen molar-refractivity contribution in [2.24, 2.45) is 0 Å². The van der Waals surface area contributed by atoms with Crippen LogP contribution in [0, 0.1) is 12.7 Å². The number of nitrogens with zero attached hydrogens (tertiary/aromatic N) is 1. The van der Waals surface area contributed by atoms with E-state index in [1.54, 1.807) is 6.07 Å². The molecule has 0 spiro atoms. The van der Waals surface area contributed by atoms with Crippen molar-refractivity contribution in [2.75, 3.05) is 6.61 Å². The van der Waals surface area contributed by atoms with Gasteiger partial charge >= 0.3 is 0 Å². The molecule has 3 aromatic rings. The summed E-state index contributed by atoms with van der Waals surface area (Å²) >= 11 is 0. The molecule has 0 radical (unpaired) electrons. The van der Waals surface area contributed by atoms with E-state index in [-0.39, 0.29) is 29.4 Å². The van der Waals surface area contributed by atoms with Gasteiger partial charge in [-0.3, -0.25) is 9.59 Å². The van der Waals surface area contributed by atoms with Crippen LogP contribution in [0.2, 0.25) is 0 Å². The third kappa shape index (κ3) is 4.55. The second kappa shape index (κ2) is 9.55. The number of amides is 1. The van der Waals surface area contributed by atoms with Crippen molar-refractivity contribution >= 4 is 5.91 Å². The first kappa shape index (κ1) is 22.5. The summed E-state index contributed by atoms with van der Waals surface area (Å²) < 4.78 is 21.2. The number of ether oxygens (including phenoxy) is 1. The van der Waals surface area contributed by atoms with Crippen LogP contribution in [0.1, 0.15) is 42.1 Å². The molecule has 34 heavy (non-hydrogen) atoms. The Labute approximate surface area is 198 Å². The van der Waals surface area contributed by atoms with Gasteiger partial charge in [-0.1, -0.05) is 42.5 Å². The highest BCUT2D eigenvalue weighted by molar-refractivity contribution is 5.81. The number of fused-ring (bicyclic) bond motifs is 1. The van der Waals surface area contributed by atoms with E-state index in [9.17, 15) is 14.0 Å². The molecule has 176 valence electrons. The van der Waals surface area contributed by atoms with Crippen molar-refractivity contribution < 1.29 is 13.9 Å². The van der Waals surface area contributed by atoms with E-state index in [0.29, 0.717) is 18.6 Å². The number of carbonyl (C=O) groups is 1. The Hall–Kier alpha value is -3.25. The molecular weight excluding hydrogens is 431 g/mol. The molecule has 2 unspecified atom stereocenters. The van der Waals surface area contributed by atoms with Crippen LogP contribution in [0.15, 0.2) is 65.5 Å². The molecule has 1 amide bonds. The molecule has 0 aliphatic carbocycles. The summed E-state index contributed by atoms with van der Waals surface area (Å²) in [6.07, 6.45) is 3.28. The highest BCUT2D eigenvalue weighted by Gasteiger charge is 2.34. The van der Waals surface area contributed by atoms with E-state index in [1.165, 1.54) is 12.1 Å². The van der Waals surface area contributed by atoms with Gasteiger partial charge in [-0.15, -0.1) is 0 Å². The summed E-state index contributed by atoms with van der Waals surface area (Å²) in [6, 6.07) is 18.0. The average Bonchev–Trinajstić information content (AvgIpc) is 3.38. The van der Waals surface area contributed by atoms with Gasteiger partial charge in [0.2, 0.25) is 5.91 Å². The van der Waals surface area contributed by atoms with Gasteiger partial charge in [0.1, 0.15) is 11.9 Å². The lowest BCUT2D eigenvalue weighted by Gasteiger charge is -2.36. The molecule has 6 heteroatoms. The predicted molar refractivity (Wildman–Crippen MR) is 129 cm³/mol. The number of hydrogen-bond acceptors (Lipinski definition) is 3. The Kier molecular flexibility index (Phi) is 6.33. The van der Waals surface area contributed by atoms with Crippen LogP contribution in [0.4, 0.5) is 4.39 Å². The van der Waals surface area contributed by atoms with Crippen molar-refractivity contribution in [1.82, 2.24) is 9.88 Å². The third-order valence-corrected chi connectivity index (χ3v) is 6.98. The maximum Gasteiger partial charge on any atom is 0.253 e. The van der Waals surface area contributed by atoms with Crippen LogP contribution < -0.4 is 10.9 Å². The fourth-order valence-electron chi connectivity index (χ4n) is 5.19. The molecular formula is C28H29FN2O3. The molecule has 0 bridgehead atoms. The number of aryl methyl sites for hydroxylation is 2. The van der Waals surface area contributed by atoms with Gasteiger partial charge in [-0.2, -0.15) is 0 Å². The molecule has 2 aliphatic heterocycles. The number of hydrogen-bond donors (Lipinski definition) is 1. The summed E-state index contributed by atoms with van der Waals surface area (Å²) in [4.78, 5) is 26.1. The maximum atomic E-state index is 13.8. The van der Waals surface area contributed by atoms with Gasteiger partial charge in [0.15, 0.2) is 0 Å². The molecule has 3 atom stereocenters. The van der Waals surface area contributed by atoms with Gasteiger partial charge in [0, 0.05) is 17.9 Å². The highest BCUT2D eigenvalue weighted by atomic mass is 19.1. The van der Waals surface area contributed by atoms with Gasteiger partial charge in [-0.25, -0.2) is 4.39 Å². The summed E-state index contributed by atoms with van der Waals surface area (Å²) in [5, 5.41) is 3.20. The minimum absolute atomic E-state index is 0.0140. The number of rotatable bonds is 5. The third-order valence-electron chi connectivity index (χ3n) is 6.98. The number of pyridine rings is 1. The fourth-order valence-corrected chi connectivity index (χ4v) is 5.19. The smallest absolute Gasteiger partial charge is 0.253 e. The lowest BCUT2D eigenvalue weighted by atomic mass is 9.89. The van der Waals surface area contributed by atoms with Crippen molar-refractivity contribution in [3.8, 4) is 11.1 Å². The second-order valence-electron chi connectivity index (χ2n) is 9.32. The molecule has 3 heterocycles. The lowest BCUT2D eigenvalue weighted by molar-refractivity contribution is -0.131. The minimum atomic E-state index is -0.410. The highest BCUT2D eigenvalue weighted by Crippen LogP contribution is 2.30. The van der Waals surface area contributed by atoms with E-state index in [1.807, 2.05) is 54.0 Å². The van der Waals surface area contributed by atoms with Crippen LogP contribution in [-0.4, -0.2) is 29.2 Å². The molecule has 2 aliphatic rings. The van der Waals surface area contributed by atoms with Crippen LogP contribution in [0.5, 0.6) is 0 Å². The number of benzene rings is 2. The fraction of sp³-hybridized carbons (Fsp3) is 0.357. The molecule has 1 fully saturated rings. The Morgan fingerprint density at radius 3 is 2.65 bits per heavy atom. The van der Waals surface area contributed by atoms with Crippen molar-refractivity contribution in [2.45, 2.75) is 57.2 Å². The molecule has 2 aromatic carbocycles. The Morgan fingerprint density at radius 2 is 1.88 bits per heavy atom. The minimum Gasteiger partial charge on any atom is -0.368 e. The first-order chi connectivity index (χ1) is 16.5. The average molecular weight is 461 g/mol. The summed E-state index contributed by atoms with van der Waals surface area (Å²) in [5.74, 6) is -0.367. The summed E-state index contributed by atoms with van der Waals surface area (Å²) in [7, 11) is 0. The van der Waals surface area contributed by atoms with Crippen molar-refractivity contribution in [3.05, 3.63) is 93.7 Å². The zero-order valence-electron chi connectivity index (χ0n) is 19.3. The first-order valence-corrected chi connectivity index (χ1v) is 12.0. The predicted octanol–water partition coefficient (Wildman–Crippen LogP) is 4.36. The monoisotopic (exact) mass is 460 g/mol. The zero-order valence-corrected chi connectivity index (χ0v) is 19.3. The van der Waals surface area contributed by atoms with Gasteiger partial charge < -0.3 is 14.6 Å². The molecule has 5 rings (SSSR count). The number of halogens is 1. The van der Waals surface area contributed by atoms with E-state index < -0.39 is 6.10 Å². The number of nitrogens with one attached hydrogen (secondary N) is 1. The van der Waals surface area contributed by atoms with E-state index >= 15 is 0 Å². The summed E-state index contributed by atoms with van der Waals surface area (Å²) in [5.41, 5.74) is 4.42. The quantitative estimate of drug-likeness (QED) is 0.616. The standard InChI is InChI=1S/C28H29FN2O3/c1-18-10-11-23-12-13-24(30-27(32)26-9-4-14-34-26)25(31(23)28(18)33)16-19-5-2-6-20(15-19)21-7-3-8-22(29)17-21/h2-3,5-8,10-11,15,17,24-26H,4,9,12-14,16H2,1H3,(H,30,32)/t24?,25?,26-/m0/s1. The second-order valence-corrected chi connectivity index (χ2v) is 9.32. The van der Waals surface area contributed by atoms with Crippen LogP contribution in [0.3, 0.4) is 0 Å². The Bertz CT molecular complexity index is 1260. The Morgan fingerprint density at radius 1 is 1.09 bits per heavy atom. The maximum absolute atomic E-state index is 13.8. The van der Waals surface area contributed by atoms with Gasteiger partial charge in [0.25, 0.3) is 5.56 Å². The van der Waals surface area contributed by atoms with Crippen LogP contribution in [0.25, 0.3) is 11.1 Å². The number of aromatic nitrogens is 1. The van der Waals surface area contributed by atoms with Crippen molar-refractivity contribution in [3.63, 3.8) is 0 Å². The van der Waals surface area contributed by atoms with E-state index in [0.717, 1.165) is 48.1 Å². The van der Waals surface area contributed by atoms with Gasteiger partial charge in [-0.05, 0) is 73.9 Å². The molecule has 5 nitrogen and oxygen atoms in total. The van der Waals surface area contributed by atoms with Crippen LogP contribution >= 0.6 is 0 Å². The van der Waals surface area contributed by atoms with E-state index in [2.05, 4.69) is 5.32 Å². The molecule has 1 aromatic heterocycles. The molecule has 1 N–H and O–H groups in total. The lowest BCUT2D eigenvalue weighted by Crippen LogP contribution is -2.51. The topological polar surface area (TPSA) is 60.3 Å². The van der Waals surface area contributed by atoms with Crippen LogP contribution in [-0.2, 0) is 22.4 Å². The molecule has 1 saturated heterocycles. The zero-order chi connectivity index (χ0) is 23.7. The largest absolute Gasteiger partial charge is 0.368 e. The number of carbonyl (C=O) groups excluding carboxylic acids is 1. The van der Waals surface area contributed by atoms with Crippen molar-refractivity contribution in [1.29, 1.82) is 0 Å². The van der Waals surface area contributed by atoms with Gasteiger partial charge in [0.05, 0.1) is 12.1 Å². The first-order valence-electron chi connectivity index (χ1n) is 12.0. The molecule has 0 saturated carbocycles.